The Morgan fingerprint density at radius 3 is 2.36 bits per heavy atom. The number of hydrogen-bond acceptors (Lipinski definition) is 7. The van der Waals surface area contributed by atoms with Gasteiger partial charge in [0.15, 0.2) is 0 Å². The number of anilines is 1. The molecule has 0 bridgehead atoms. The molecule has 0 radical (unpaired) electrons. The van der Waals surface area contributed by atoms with E-state index in [2.05, 4.69) is 104 Å². The van der Waals surface area contributed by atoms with Crippen LogP contribution < -0.4 is 16.0 Å². The minimum Gasteiger partial charge on any atom is -0.444 e. The van der Waals surface area contributed by atoms with E-state index in [0.29, 0.717) is 25.3 Å². The summed E-state index contributed by atoms with van der Waals surface area (Å²) < 4.78 is 5.38. The van der Waals surface area contributed by atoms with Gasteiger partial charge in [-0.05, 0) is 129 Å². The van der Waals surface area contributed by atoms with Gasteiger partial charge in [-0.3, -0.25) is 19.8 Å². The summed E-state index contributed by atoms with van der Waals surface area (Å²) in [5.74, 6) is 0.0639. The largest absolute Gasteiger partial charge is 0.444 e. The van der Waals surface area contributed by atoms with Crippen LogP contribution in [0.5, 0.6) is 0 Å². The third-order valence-electron chi connectivity index (χ3n) is 10.2. The highest BCUT2D eigenvalue weighted by molar-refractivity contribution is 6.01. The fourth-order valence-electron chi connectivity index (χ4n) is 7.33. The molecule has 1 unspecified atom stereocenters. The van der Waals surface area contributed by atoms with Crippen molar-refractivity contribution >= 4 is 34.6 Å². The zero-order valence-corrected chi connectivity index (χ0v) is 30.9. The molecule has 2 aliphatic heterocycles. The fourth-order valence-corrected chi connectivity index (χ4v) is 7.33. The summed E-state index contributed by atoms with van der Waals surface area (Å²) in [6, 6.07) is 27.4. The number of piperidine rings is 2. The topological polar surface area (TPSA) is 128 Å². The molecule has 10 heteroatoms. The van der Waals surface area contributed by atoms with E-state index in [1.165, 1.54) is 11.1 Å². The van der Waals surface area contributed by atoms with E-state index in [0.717, 1.165) is 82.7 Å². The Hall–Kier alpha value is -5.48. The van der Waals surface area contributed by atoms with Crippen LogP contribution in [0, 0.1) is 6.92 Å². The Bertz CT molecular complexity index is 2110. The van der Waals surface area contributed by atoms with E-state index in [-0.39, 0.29) is 17.9 Å². The molecule has 4 N–H and O–H groups in total. The SMILES string of the molecule is Cc1cc(-c2ccnc3[nH]c(-c4ccc(CN5CCC(c6ccc(NC7CCC(=O)NC7=O)cc6)CC5)cc4)cc23)ccc1CNC(=O)OC(C)(C)C. The van der Waals surface area contributed by atoms with Crippen LogP contribution in [0.15, 0.2) is 85.1 Å². The summed E-state index contributed by atoms with van der Waals surface area (Å²) in [7, 11) is 0. The van der Waals surface area contributed by atoms with Gasteiger partial charge in [-0.15, -0.1) is 0 Å². The average Bonchev–Trinajstić information content (AvgIpc) is 3.57. The van der Waals surface area contributed by atoms with Crippen LogP contribution in [0.2, 0.25) is 0 Å². The molecule has 7 rings (SSSR count). The Labute approximate surface area is 310 Å². The van der Waals surface area contributed by atoms with Crippen molar-refractivity contribution in [1.82, 2.24) is 25.5 Å². The first-order chi connectivity index (χ1) is 25.5. The van der Waals surface area contributed by atoms with Gasteiger partial charge in [0.25, 0.3) is 0 Å². The van der Waals surface area contributed by atoms with E-state index >= 15 is 0 Å². The molecule has 10 nitrogen and oxygen atoms in total. The molecule has 2 saturated heterocycles. The van der Waals surface area contributed by atoms with Crippen molar-refractivity contribution in [3.05, 3.63) is 107 Å². The number of fused-ring (bicyclic) bond motifs is 1. The lowest BCUT2D eigenvalue weighted by atomic mass is 9.89. The number of carbonyl (C=O) groups is 3. The monoisotopic (exact) mass is 712 g/mol. The maximum Gasteiger partial charge on any atom is 0.407 e. The predicted molar refractivity (Wildman–Crippen MR) is 208 cm³/mol. The molecule has 3 amide bonds. The summed E-state index contributed by atoms with van der Waals surface area (Å²) in [5.41, 5.74) is 10.3. The Morgan fingerprint density at radius 1 is 0.925 bits per heavy atom. The van der Waals surface area contributed by atoms with E-state index < -0.39 is 11.7 Å². The number of imide groups is 1. The third-order valence-corrected chi connectivity index (χ3v) is 10.2. The Kier molecular flexibility index (Phi) is 10.3. The highest BCUT2D eigenvalue weighted by atomic mass is 16.6. The second-order valence-corrected chi connectivity index (χ2v) is 15.3. The highest BCUT2D eigenvalue weighted by Crippen LogP contribution is 2.33. The van der Waals surface area contributed by atoms with Gasteiger partial charge in [0.1, 0.15) is 17.3 Å². The molecule has 2 aliphatic rings. The molecule has 0 aliphatic carbocycles. The second-order valence-electron chi connectivity index (χ2n) is 15.3. The number of rotatable bonds is 9. The lowest BCUT2D eigenvalue weighted by Gasteiger charge is -2.32. The number of pyridine rings is 1. The van der Waals surface area contributed by atoms with Gasteiger partial charge in [-0.1, -0.05) is 54.6 Å². The fraction of sp³-hybridized carbons (Fsp3) is 0.349. The minimum atomic E-state index is -0.536. The van der Waals surface area contributed by atoms with Crippen LogP contribution >= 0.6 is 0 Å². The maximum atomic E-state index is 12.2. The van der Waals surface area contributed by atoms with Gasteiger partial charge in [-0.2, -0.15) is 0 Å². The molecule has 0 spiro atoms. The maximum absolute atomic E-state index is 12.2. The van der Waals surface area contributed by atoms with Crippen molar-refractivity contribution in [1.29, 1.82) is 0 Å². The number of hydrogen-bond donors (Lipinski definition) is 4. The highest BCUT2D eigenvalue weighted by Gasteiger charge is 2.27. The van der Waals surface area contributed by atoms with Gasteiger partial charge < -0.3 is 20.4 Å². The zero-order valence-electron chi connectivity index (χ0n) is 30.9. The lowest BCUT2D eigenvalue weighted by Crippen LogP contribution is -2.47. The molecule has 274 valence electrons. The number of aromatic nitrogens is 2. The minimum absolute atomic E-state index is 0.201. The molecular formula is C43H48N6O4. The number of benzene rings is 3. The normalized spacial score (nSPS) is 17.1. The average molecular weight is 713 g/mol. The van der Waals surface area contributed by atoms with Gasteiger partial charge >= 0.3 is 6.09 Å². The third kappa shape index (κ3) is 8.77. The summed E-state index contributed by atoms with van der Waals surface area (Å²) in [4.78, 5) is 46.4. The van der Waals surface area contributed by atoms with Crippen LogP contribution in [0.3, 0.4) is 0 Å². The van der Waals surface area contributed by atoms with Crippen LogP contribution in [-0.2, 0) is 27.4 Å². The summed E-state index contributed by atoms with van der Waals surface area (Å²) in [6.45, 7) is 11.0. The number of alkyl carbamates (subject to hydrolysis) is 1. The van der Waals surface area contributed by atoms with Crippen molar-refractivity contribution in [2.45, 2.75) is 84.0 Å². The van der Waals surface area contributed by atoms with Gasteiger partial charge in [0.2, 0.25) is 11.8 Å². The molecular weight excluding hydrogens is 665 g/mol. The molecule has 53 heavy (non-hydrogen) atoms. The molecule has 2 aromatic heterocycles. The molecule has 5 aromatic rings. The number of ether oxygens (including phenoxy) is 1. The standard InChI is InChI=1S/C43H48N6O4/c1-27-23-32(9-10-33(27)25-45-42(52)53-43(2,3)4)35-17-20-44-40-36(35)24-38(47-40)31-7-5-28(6-8-31)26-49-21-18-30(19-22-49)29-11-13-34(14-12-29)46-37-15-16-39(50)48-41(37)51/h5-14,17,20,23-24,30,37,46H,15-16,18-19,21-22,25-26H2,1-4H3,(H,44,47)(H,45,52)(H,48,50,51). The number of carbonyl (C=O) groups excluding carboxylic acids is 3. The van der Waals surface area contributed by atoms with Crippen molar-refractivity contribution in [3.8, 4) is 22.4 Å². The van der Waals surface area contributed by atoms with E-state index in [1.807, 2.05) is 39.1 Å². The smallest absolute Gasteiger partial charge is 0.407 e. The lowest BCUT2D eigenvalue weighted by molar-refractivity contribution is -0.133. The van der Waals surface area contributed by atoms with Gasteiger partial charge in [-0.25, -0.2) is 9.78 Å². The van der Waals surface area contributed by atoms with E-state index in [9.17, 15) is 14.4 Å². The van der Waals surface area contributed by atoms with Crippen molar-refractivity contribution in [2.75, 3.05) is 18.4 Å². The van der Waals surface area contributed by atoms with E-state index in [1.54, 1.807) is 0 Å². The number of aromatic amines is 1. The second kappa shape index (κ2) is 15.2. The van der Waals surface area contributed by atoms with E-state index in [4.69, 9.17) is 4.74 Å². The van der Waals surface area contributed by atoms with Crippen LogP contribution in [-0.4, -0.2) is 57.5 Å². The number of H-pyrrole nitrogens is 1. The number of likely N-dealkylation sites (tertiary alicyclic amines) is 1. The number of aryl methyl sites for hydroxylation is 1. The first-order valence-corrected chi connectivity index (χ1v) is 18.5. The van der Waals surface area contributed by atoms with Crippen LogP contribution in [0.1, 0.15) is 74.6 Å². The predicted octanol–water partition coefficient (Wildman–Crippen LogP) is 7.83. The quantitative estimate of drug-likeness (QED) is 0.115. The number of nitrogens with one attached hydrogen (secondary N) is 4. The zero-order chi connectivity index (χ0) is 37.1. The summed E-state index contributed by atoms with van der Waals surface area (Å²) in [6.07, 6.45) is 4.51. The number of nitrogens with zero attached hydrogens (tertiary/aromatic N) is 2. The first-order valence-electron chi connectivity index (χ1n) is 18.5. The van der Waals surface area contributed by atoms with Gasteiger partial charge in [0, 0.05) is 42.5 Å². The summed E-state index contributed by atoms with van der Waals surface area (Å²) >= 11 is 0. The Balaban J connectivity index is 0.937. The van der Waals surface area contributed by atoms with Crippen molar-refractivity contribution in [2.24, 2.45) is 0 Å². The molecule has 2 fully saturated rings. The van der Waals surface area contributed by atoms with Crippen molar-refractivity contribution in [3.63, 3.8) is 0 Å². The molecule has 4 heterocycles. The van der Waals surface area contributed by atoms with Gasteiger partial charge in [0.05, 0.1) is 0 Å². The van der Waals surface area contributed by atoms with Crippen LogP contribution in [0.4, 0.5) is 10.5 Å². The number of amides is 3. The Morgan fingerprint density at radius 2 is 1.66 bits per heavy atom. The first kappa shape index (κ1) is 35.9. The summed E-state index contributed by atoms with van der Waals surface area (Å²) in [5, 5.41) is 9.60. The molecule has 3 aromatic carbocycles. The molecule has 1 atom stereocenters. The van der Waals surface area contributed by atoms with Crippen LogP contribution in [0.25, 0.3) is 33.4 Å². The van der Waals surface area contributed by atoms with Crippen molar-refractivity contribution < 1.29 is 19.1 Å². The molecule has 0 saturated carbocycles.